The maximum absolute atomic E-state index is 10.6. The van der Waals surface area contributed by atoms with Crippen molar-refractivity contribution >= 4 is 7.82 Å². The Morgan fingerprint density at radius 1 is 0.850 bits per heavy atom. The van der Waals surface area contributed by atoms with Crippen LogP contribution in [0.25, 0.3) is 0 Å². The van der Waals surface area contributed by atoms with Crippen LogP contribution in [-0.2, 0) is 9.09 Å². The average molecular weight is 308 g/mol. The van der Waals surface area contributed by atoms with Gasteiger partial charge in [-0.25, -0.2) is 4.57 Å². The maximum Gasteiger partial charge on any atom is 0.469 e. The highest BCUT2D eigenvalue weighted by Gasteiger charge is 2.26. The topological polar surface area (TPSA) is 66.8 Å². The number of hydrogen-bond acceptors (Lipinski definition) is 2. The summed E-state index contributed by atoms with van der Waals surface area (Å²) < 4.78 is 15.0. The van der Waals surface area contributed by atoms with Gasteiger partial charge in [0.05, 0.1) is 6.61 Å². The molecule has 0 aliphatic heterocycles. The van der Waals surface area contributed by atoms with Crippen molar-refractivity contribution in [3.63, 3.8) is 0 Å². The quantitative estimate of drug-likeness (QED) is 0.369. The van der Waals surface area contributed by atoms with Crippen LogP contribution < -0.4 is 0 Å². The van der Waals surface area contributed by atoms with Gasteiger partial charge in [-0.15, -0.1) is 0 Å². The largest absolute Gasteiger partial charge is 0.469 e. The molecule has 0 radical (unpaired) electrons. The second kappa shape index (κ2) is 10.8. The van der Waals surface area contributed by atoms with Gasteiger partial charge in [0.1, 0.15) is 0 Å². The van der Waals surface area contributed by atoms with Crippen molar-refractivity contribution in [3.8, 4) is 0 Å². The molecule has 0 amide bonds. The molecule has 0 saturated heterocycles. The van der Waals surface area contributed by atoms with Crippen LogP contribution in [0.15, 0.2) is 0 Å². The summed E-state index contributed by atoms with van der Waals surface area (Å²) in [6, 6.07) is 0. The fourth-order valence-electron chi connectivity index (χ4n) is 3.30. The van der Waals surface area contributed by atoms with Gasteiger partial charge < -0.3 is 9.79 Å². The van der Waals surface area contributed by atoms with E-state index in [1.54, 1.807) is 0 Å². The first-order valence-corrected chi connectivity index (χ1v) is 9.62. The summed E-state index contributed by atoms with van der Waals surface area (Å²) in [4.78, 5) is 17.2. The Hall–Kier alpha value is 0.110. The smallest absolute Gasteiger partial charge is 0.303 e. The third-order valence-electron chi connectivity index (χ3n) is 3.95. The van der Waals surface area contributed by atoms with Crippen molar-refractivity contribution < 1.29 is 18.9 Å². The molecule has 0 unspecified atom stereocenters. The molecule has 0 aliphatic carbocycles. The Morgan fingerprint density at radius 3 is 1.75 bits per heavy atom. The molecule has 0 bridgehead atoms. The Kier molecular flexibility index (Phi) is 10.8. The van der Waals surface area contributed by atoms with Crippen molar-refractivity contribution in [2.75, 3.05) is 6.61 Å². The fraction of sp³-hybridized carbons (Fsp3) is 1.00. The van der Waals surface area contributed by atoms with Crippen LogP contribution in [0.4, 0.5) is 0 Å². The van der Waals surface area contributed by atoms with E-state index in [1.165, 1.54) is 44.9 Å². The van der Waals surface area contributed by atoms with Crippen molar-refractivity contribution in [3.05, 3.63) is 0 Å². The molecule has 0 spiro atoms. The van der Waals surface area contributed by atoms with E-state index in [-0.39, 0.29) is 6.61 Å². The van der Waals surface area contributed by atoms with Gasteiger partial charge in [-0.2, -0.15) is 0 Å². The molecule has 122 valence electrons. The summed E-state index contributed by atoms with van der Waals surface area (Å²) in [5.74, 6) is 0. The predicted molar refractivity (Wildman–Crippen MR) is 83.6 cm³/mol. The Morgan fingerprint density at radius 2 is 1.35 bits per heavy atom. The third kappa shape index (κ3) is 9.93. The highest BCUT2D eigenvalue weighted by molar-refractivity contribution is 7.46. The van der Waals surface area contributed by atoms with Crippen molar-refractivity contribution in [2.45, 2.75) is 85.0 Å². The van der Waals surface area contributed by atoms with Crippen molar-refractivity contribution in [2.24, 2.45) is 5.41 Å². The standard InChI is InChI=1S/C15H33O4P/c1-4-10-15(11-5-2,12-6-3)13-8-7-9-14-19-20(16,17)18/h4-14H2,1-3H3,(H2,16,17,18). The zero-order valence-corrected chi connectivity index (χ0v) is 14.3. The lowest BCUT2D eigenvalue weighted by Gasteiger charge is -2.34. The van der Waals surface area contributed by atoms with Gasteiger partial charge in [0.15, 0.2) is 0 Å². The first-order chi connectivity index (χ1) is 9.39. The minimum absolute atomic E-state index is 0.159. The van der Waals surface area contributed by atoms with Gasteiger partial charge >= 0.3 is 7.82 Å². The summed E-state index contributed by atoms with van der Waals surface area (Å²) in [7, 11) is -4.28. The van der Waals surface area contributed by atoms with E-state index in [2.05, 4.69) is 25.3 Å². The van der Waals surface area contributed by atoms with Gasteiger partial charge in [-0.3, -0.25) is 4.52 Å². The van der Waals surface area contributed by atoms with Gasteiger partial charge in [-0.05, 0) is 37.5 Å². The first kappa shape index (κ1) is 20.1. The van der Waals surface area contributed by atoms with Crippen LogP contribution in [-0.4, -0.2) is 16.4 Å². The zero-order chi connectivity index (χ0) is 15.5. The minimum atomic E-state index is -4.28. The molecule has 5 heteroatoms. The molecular weight excluding hydrogens is 275 g/mol. The molecule has 20 heavy (non-hydrogen) atoms. The lowest BCUT2D eigenvalue weighted by Crippen LogP contribution is -2.20. The van der Waals surface area contributed by atoms with Crippen LogP contribution in [0.3, 0.4) is 0 Å². The second-order valence-electron chi connectivity index (χ2n) is 5.88. The lowest BCUT2D eigenvalue weighted by atomic mass is 9.72. The van der Waals surface area contributed by atoms with Crippen molar-refractivity contribution in [1.82, 2.24) is 0 Å². The summed E-state index contributed by atoms with van der Waals surface area (Å²) in [5, 5.41) is 0. The van der Waals surface area contributed by atoms with E-state index in [9.17, 15) is 4.57 Å². The molecule has 0 heterocycles. The van der Waals surface area contributed by atoms with Gasteiger partial charge in [0.25, 0.3) is 0 Å². The first-order valence-electron chi connectivity index (χ1n) is 8.09. The normalized spacial score (nSPS) is 12.8. The summed E-state index contributed by atoms with van der Waals surface area (Å²) in [6.45, 7) is 6.93. The van der Waals surface area contributed by atoms with E-state index in [0.29, 0.717) is 5.41 Å². The van der Waals surface area contributed by atoms with E-state index in [4.69, 9.17) is 9.79 Å². The van der Waals surface area contributed by atoms with E-state index in [0.717, 1.165) is 19.3 Å². The Labute approximate surface area is 124 Å². The van der Waals surface area contributed by atoms with Gasteiger partial charge in [0.2, 0.25) is 0 Å². The number of phosphoric ester groups is 1. The van der Waals surface area contributed by atoms with Gasteiger partial charge in [0, 0.05) is 0 Å². The monoisotopic (exact) mass is 308 g/mol. The maximum atomic E-state index is 10.6. The SMILES string of the molecule is CCCC(CCC)(CCC)CCCCCOP(=O)(O)O. The molecule has 0 aromatic heterocycles. The third-order valence-corrected chi connectivity index (χ3v) is 4.47. The molecule has 0 fully saturated rings. The fourth-order valence-corrected chi connectivity index (χ4v) is 3.67. The number of unbranched alkanes of at least 4 members (excludes halogenated alkanes) is 2. The molecule has 0 atom stereocenters. The molecule has 0 saturated carbocycles. The molecule has 0 aliphatic rings. The summed E-state index contributed by atoms with van der Waals surface area (Å²) in [5.41, 5.74) is 0.488. The van der Waals surface area contributed by atoms with Crippen LogP contribution in [0.1, 0.15) is 85.0 Å². The van der Waals surface area contributed by atoms with Crippen LogP contribution >= 0.6 is 7.82 Å². The number of rotatable bonds is 13. The average Bonchev–Trinajstić information content (AvgIpc) is 2.33. The van der Waals surface area contributed by atoms with Gasteiger partial charge in [-0.1, -0.05) is 52.9 Å². The Balaban J connectivity index is 4.03. The predicted octanol–water partition coefficient (Wildman–Crippen LogP) is 5.04. The van der Waals surface area contributed by atoms with E-state index in [1.807, 2.05) is 0 Å². The van der Waals surface area contributed by atoms with Crippen LogP contribution in [0.2, 0.25) is 0 Å². The van der Waals surface area contributed by atoms with E-state index < -0.39 is 7.82 Å². The molecule has 0 aromatic carbocycles. The second-order valence-corrected chi connectivity index (χ2v) is 7.12. The summed E-state index contributed by atoms with van der Waals surface area (Å²) in [6.07, 6.45) is 11.7. The highest BCUT2D eigenvalue weighted by atomic mass is 31.2. The lowest BCUT2D eigenvalue weighted by molar-refractivity contribution is 0.175. The molecule has 2 N–H and O–H groups in total. The Bertz CT molecular complexity index is 258. The molecule has 4 nitrogen and oxygen atoms in total. The van der Waals surface area contributed by atoms with Crippen molar-refractivity contribution in [1.29, 1.82) is 0 Å². The van der Waals surface area contributed by atoms with Crippen LogP contribution in [0, 0.1) is 5.41 Å². The van der Waals surface area contributed by atoms with Crippen LogP contribution in [0.5, 0.6) is 0 Å². The summed E-state index contributed by atoms with van der Waals surface area (Å²) >= 11 is 0. The number of phosphoric acid groups is 1. The zero-order valence-electron chi connectivity index (χ0n) is 13.4. The minimum Gasteiger partial charge on any atom is -0.303 e. The molecular formula is C15H33O4P. The number of hydrogen-bond donors (Lipinski definition) is 2. The van der Waals surface area contributed by atoms with E-state index >= 15 is 0 Å². The molecule has 0 rings (SSSR count). The highest BCUT2D eigenvalue weighted by Crippen LogP contribution is 2.40. The molecule has 0 aromatic rings.